The second-order valence-electron chi connectivity index (χ2n) is 3.94. The van der Waals surface area contributed by atoms with Gasteiger partial charge in [-0.3, -0.25) is 9.67 Å². The molecular weight excluding hydrogens is 216 g/mol. The van der Waals surface area contributed by atoms with Gasteiger partial charge in [0.15, 0.2) is 0 Å². The van der Waals surface area contributed by atoms with Crippen LogP contribution in [0.3, 0.4) is 0 Å². The summed E-state index contributed by atoms with van der Waals surface area (Å²) in [6.07, 6.45) is 7.08. The number of hydrogen-bond donors (Lipinski definition) is 2. The highest BCUT2D eigenvalue weighted by Crippen LogP contribution is 2.18. The highest BCUT2D eigenvalue weighted by molar-refractivity contribution is 5.73. The maximum atomic E-state index is 6.13. The molecule has 3 aromatic rings. The highest BCUT2D eigenvalue weighted by atomic mass is 15.2. The van der Waals surface area contributed by atoms with Crippen molar-refractivity contribution in [3.63, 3.8) is 0 Å². The Morgan fingerprint density at radius 1 is 1.41 bits per heavy atom. The van der Waals surface area contributed by atoms with E-state index >= 15 is 0 Å². The van der Waals surface area contributed by atoms with Crippen molar-refractivity contribution in [1.82, 2.24) is 24.7 Å². The van der Waals surface area contributed by atoms with Crippen LogP contribution in [0.4, 0.5) is 0 Å². The first-order chi connectivity index (χ1) is 8.24. The van der Waals surface area contributed by atoms with Crippen LogP contribution in [0.2, 0.25) is 0 Å². The molecule has 3 N–H and O–H groups in total. The van der Waals surface area contributed by atoms with Gasteiger partial charge in [-0.15, -0.1) is 0 Å². The second kappa shape index (κ2) is 3.67. The van der Waals surface area contributed by atoms with E-state index < -0.39 is 0 Å². The Labute approximate surface area is 97.5 Å². The normalized spacial score (nSPS) is 13.1. The number of aromatic nitrogens is 5. The van der Waals surface area contributed by atoms with Gasteiger partial charge in [0.05, 0.1) is 29.5 Å². The van der Waals surface area contributed by atoms with Crippen molar-refractivity contribution in [2.45, 2.75) is 6.04 Å². The number of imidazole rings is 1. The van der Waals surface area contributed by atoms with E-state index in [0.717, 1.165) is 22.4 Å². The van der Waals surface area contributed by atoms with Crippen molar-refractivity contribution in [3.05, 3.63) is 42.2 Å². The van der Waals surface area contributed by atoms with E-state index in [4.69, 9.17) is 5.73 Å². The zero-order valence-electron chi connectivity index (χ0n) is 9.33. The lowest BCUT2D eigenvalue weighted by molar-refractivity contribution is 0.762. The minimum absolute atomic E-state index is 0.295. The number of H-pyrrole nitrogens is 1. The predicted molar refractivity (Wildman–Crippen MR) is 63.1 cm³/mol. The fourth-order valence-electron chi connectivity index (χ4n) is 1.78. The van der Waals surface area contributed by atoms with Gasteiger partial charge in [-0.1, -0.05) is 0 Å². The third kappa shape index (κ3) is 1.68. The zero-order chi connectivity index (χ0) is 11.8. The van der Waals surface area contributed by atoms with Crippen molar-refractivity contribution < 1.29 is 0 Å². The Balaban J connectivity index is 2.03. The monoisotopic (exact) mass is 228 g/mol. The lowest BCUT2D eigenvalue weighted by Gasteiger charge is -2.04. The summed E-state index contributed by atoms with van der Waals surface area (Å²) >= 11 is 0. The molecule has 0 aliphatic rings. The molecular formula is C11H12N6. The van der Waals surface area contributed by atoms with E-state index in [1.165, 1.54) is 0 Å². The molecule has 3 heterocycles. The standard InChI is InChI=1S/C11H12N6/c1-17-6-7(4-14-17)10(12)11-15-8-2-3-13-5-9(8)16-11/h2-6,10H,12H2,1H3,(H,15,16). The number of nitrogens with zero attached hydrogens (tertiary/aromatic N) is 4. The van der Waals surface area contributed by atoms with Gasteiger partial charge in [0.1, 0.15) is 5.82 Å². The number of aryl methyl sites for hydroxylation is 1. The maximum absolute atomic E-state index is 6.13. The summed E-state index contributed by atoms with van der Waals surface area (Å²) in [5.41, 5.74) is 8.82. The molecule has 86 valence electrons. The average molecular weight is 228 g/mol. The molecule has 0 fully saturated rings. The van der Waals surface area contributed by atoms with Crippen molar-refractivity contribution in [1.29, 1.82) is 0 Å². The summed E-state index contributed by atoms with van der Waals surface area (Å²) in [5, 5.41) is 4.10. The molecule has 1 atom stereocenters. The fraction of sp³-hybridized carbons (Fsp3) is 0.182. The van der Waals surface area contributed by atoms with Crippen LogP contribution in [0.25, 0.3) is 11.0 Å². The summed E-state index contributed by atoms with van der Waals surface area (Å²) in [6.45, 7) is 0. The molecule has 0 bridgehead atoms. The topological polar surface area (TPSA) is 85.4 Å². The first-order valence-corrected chi connectivity index (χ1v) is 5.28. The van der Waals surface area contributed by atoms with Crippen LogP contribution < -0.4 is 5.73 Å². The number of nitrogens with two attached hydrogens (primary N) is 1. The molecule has 0 aromatic carbocycles. The number of hydrogen-bond acceptors (Lipinski definition) is 4. The molecule has 6 heteroatoms. The van der Waals surface area contributed by atoms with Crippen molar-refractivity contribution >= 4 is 11.0 Å². The van der Waals surface area contributed by atoms with Gasteiger partial charge in [0.25, 0.3) is 0 Å². The van der Waals surface area contributed by atoms with Gasteiger partial charge in [0, 0.05) is 25.0 Å². The SMILES string of the molecule is Cn1cc(C(N)c2nc3ccncc3[nH]2)cn1. The largest absolute Gasteiger partial charge is 0.339 e. The molecule has 1 unspecified atom stereocenters. The zero-order valence-corrected chi connectivity index (χ0v) is 9.33. The Morgan fingerprint density at radius 3 is 3.00 bits per heavy atom. The summed E-state index contributed by atoms with van der Waals surface area (Å²) < 4.78 is 1.72. The molecule has 0 amide bonds. The van der Waals surface area contributed by atoms with Crippen molar-refractivity contribution in [2.24, 2.45) is 12.8 Å². The smallest absolute Gasteiger partial charge is 0.129 e. The summed E-state index contributed by atoms with van der Waals surface area (Å²) in [4.78, 5) is 11.6. The Morgan fingerprint density at radius 2 is 2.29 bits per heavy atom. The number of pyridine rings is 1. The van der Waals surface area contributed by atoms with E-state index in [2.05, 4.69) is 20.1 Å². The first-order valence-electron chi connectivity index (χ1n) is 5.28. The molecule has 3 rings (SSSR count). The predicted octanol–water partition coefficient (Wildman–Crippen LogP) is 0.740. The van der Waals surface area contributed by atoms with E-state index in [0.29, 0.717) is 0 Å². The van der Waals surface area contributed by atoms with E-state index in [-0.39, 0.29) is 6.04 Å². The van der Waals surface area contributed by atoms with Crippen LogP contribution in [0.1, 0.15) is 17.4 Å². The average Bonchev–Trinajstić information content (AvgIpc) is 2.93. The number of rotatable bonds is 2. The van der Waals surface area contributed by atoms with Gasteiger partial charge < -0.3 is 10.7 Å². The number of fused-ring (bicyclic) bond motifs is 1. The molecule has 6 nitrogen and oxygen atoms in total. The Kier molecular flexibility index (Phi) is 2.15. The minimum Gasteiger partial charge on any atom is -0.339 e. The quantitative estimate of drug-likeness (QED) is 0.677. The first kappa shape index (κ1) is 9.98. The third-order valence-corrected chi connectivity index (χ3v) is 2.68. The lowest BCUT2D eigenvalue weighted by atomic mass is 10.2. The van der Waals surface area contributed by atoms with Gasteiger partial charge in [-0.2, -0.15) is 5.10 Å². The van der Waals surface area contributed by atoms with Gasteiger partial charge in [0.2, 0.25) is 0 Å². The van der Waals surface area contributed by atoms with Gasteiger partial charge in [-0.05, 0) is 6.07 Å². The van der Waals surface area contributed by atoms with Gasteiger partial charge >= 0.3 is 0 Å². The summed E-state index contributed by atoms with van der Waals surface area (Å²) in [5.74, 6) is 0.723. The minimum atomic E-state index is -0.295. The Hall–Kier alpha value is -2.21. The van der Waals surface area contributed by atoms with Crippen LogP contribution in [-0.2, 0) is 7.05 Å². The second-order valence-corrected chi connectivity index (χ2v) is 3.94. The van der Waals surface area contributed by atoms with Crippen LogP contribution >= 0.6 is 0 Å². The molecule has 0 radical (unpaired) electrons. The van der Waals surface area contributed by atoms with Crippen LogP contribution in [0.5, 0.6) is 0 Å². The third-order valence-electron chi connectivity index (χ3n) is 2.68. The molecule has 0 aliphatic carbocycles. The lowest BCUT2D eigenvalue weighted by Crippen LogP contribution is -2.12. The Bertz CT molecular complexity index is 620. The van der Waals surface area contributed by atoms with Gasteiger partial charge in [-0.25, -0.2) is 4.98 Å². The maximum Gasteiger partial charge on any atom is 0.129 e. The molecule has 0 saturated carbocycles. The van der Waals surface area contributed by atoms with Crippen LogP contribution in [-0.4, -0.2) is 24.7 Å². The molecule has 0 aliphatic heterocycles. The van der Waals surface area contributed by atoms with E-state index in [9.17, 15) is 0 Å². The number of nitrogens with one attached hydrogen (secondary N) is 1. The highest BCUT2D eigenvalue weighted by Gasteiger charge is 2.14. The molecule has 0 spiro atoms. The van der Waals surface area contributed by atoms with Crippen LogP contribution in [0, 0.1) is 0 Å². The fourth-order valence-corrected chi connectivity index (χ4v) is 1.78. The van der Waals surface area contributed by atoms with Crippen LogP contribution in [0.15, 0.2) is 30.9 Å². The van der Waals surface area contributed by atoms with Crippen molar-refractivity contribution in [3.8, 4) is 0 Å². The summed E-state index contributed by atoms with van der Waals surface area (Å²) in [6, 6.07) is 1.56. The number of aromatic amines is 1. The van der Waals surface area contributed by atoms with Crippen molar-refractivity contribution in [2.75, 3.05) is 0 Å². The van der Waals surface area contributed by atoms with E-state index in [1.54, 1.807) is 23.3 Å². The summed E-state index contributed by atoms with van der Waals surface area (Å²) in [7, 11) is 1.86. The molecule has 3 aromatic heterocycles. The van der Waals surface area contributed by atoms with E-state index in [1.807, 2.05) is 19.3 Å². The molecule has 17 heavy (non-hydrogen) atoms. The molecule has 0 saturated heterocycles.